The fraction of sp³-hybridized carbons (Fsp3) is 0.588. The highest BCUT2D eigenvalue weighted by Gasteiger charge is 2.06. The largest absolute Gasteiger partial charge is 0.324 e. The zero-order valence-electron chi connectivity index (χ0n) is 13.1. The van der Waals surface area contributed by atoms with E-state index in [4.69, 9.17) is 0 Å². The van der Waals surface area contributed by atoms with Gasteiger partial charge < -0.3 is 10.6 Å². The molecule has 20 heavy (non-hydrogen) atoms. The average Bonchev–Trinajstić information content (AvgIpc) is 2.42. The van der Waals surface area contributed by atoms with Crippen molar-refractivity contribution in [1.82, 2.24) is 5.32 Å². The Morgan fingerprint density at radius 1 is 1.05 bits per heavy atom. The second-order valence-electron chi connectivity index (χ2n) is 5.41. The third-order valence-electron chi connectivity index (χ3n) is 3.49. The van der Waals surface area contributed by atoms with Gasteiger partial charge in [0.25, 0.3) is 0 Å². The zero-order valence-corrected chi connectivity index (χ0v) is 13.1. The van der Waals surface area contributed by atoms with E-state index in [1.807, 2.05) is 32.0 Å². The van der Waals surface area contributed by atoms with Gasteiger partial charge in [0, 0.05) is 5.69 Å². The van der Waals surface area contributed by atoms with E-state index < -0.39 is 0 Å². The minimum Gasteiger partial charge on any atom is -0.324 e. The number of aryl methyl sites for hydroxylation is 2. The molecule has 0 unspecified atom stereocenters. The molecule has 3 nitrogen and oxygen atoms in total. The number of para-hydroxylation sites is 1. The van der Waals surface area contributed by atoms with Crippen LogP contribution in [0.1, 0.15) is 50.2 Å². The average molecular weight is 276 g/mol. The summed E-state index contributed by atoms with van der Waals surface area (Å²) < 4.78 is 0. The second-order valence-corrected chi connectivity index (χ2v) is 5.41. The number of amides is 1. The molecule has 0 aliphatic rings. The topological polar surface area (TPSA) is 41.1 Å². The summed E-state index contributed by atoms with van der Waals surface area (Å²) in [6.45, 7) is 7.56. The highest BCUT2D eigenvalue weighted by Crippen LogP contribution is 2.18. The Balaban J connectivity index is 2.21. The van der Waals surface area contributed by atoms with Gasteiger partial charge in [-0.05, 0) is 37.9 Å². The molecular weight excluding hydrogens is 248 g/mol. The summed E-state index contributed by atoms with van der Waals surface area (Å²) in [5.41, 5.74) is 3.16. The Hall–Kier alpha value is -1.35. The van der Waals surface area contributed by atoms with Crippen molar-refractivity contribution in [1.29, 1.82) is 0 Å². The maximum atomic E-state index is 11.9. The number of benzene rings is 1. The number of hydrogen-bond acceptors (Lipinski definition) is 2. The van der Waals surface area contributed by atoms with Gasteiger partial charge >= 0.3 is 0 Å². The lowest BCUT2D eigenvalue weighted by Gasteiger charge is -2.11. The van der Waals surface area contributed by atoms with Crippen molar-refractivity contribution in [3.63, 3.8) is 0 Å². The quantitative estimate of drug-likeness (QED) is 0.674. The summed E-state index contributed by atoms with van der Waals surface area (Å²) in [6.07, 6.45) is 6.28. The van der Waals surface area contributed by atoms with Crippen LogP contribution in [-0.2, 0) is 4.79 Å². The van der Waals surface area contributed by atoms with E-state index >= 15 is 0 Å². The van der Waals surface area contributed by atoms with Crippen molar-refractivity contribution in [2.24, 2.45) is 0 Å². The molecule has 0 saturated carbocycles. The van der Waals surface area contributed by atoms with Crippen molar-refractivity contribution in [3.05, 3.63) is 29.3 Å². The van der Waals surface area contributed by atoms with Crippen LogP contribution in [-0.4, -0.2) is 19.0 Å². The molecule has 1 rings (SSSR count). The summed E-state index contributed by atoms with van der Waals surface area (Å²) in [5.74, 6) is 0.0379. The van der Waals surface area contributed by atoms with Gasteiger partial charge in [-0.2, -0.15) is 0 Å². The molecule has 0 bridgehead atoms. The molecule has 0 aliphatic carbocycles. The predicted molar refractivity (Wildman–Crippen MR) is 86.2 cm³/mol. The molecule has 0 saturated heterocycles. The van der Waals surface area contributed by atoms with Crippen LogP contribution in [0.5, 0.6) is 0 Å². The van der Waals surface area contributed by atoms with Gasteiger partial charge in [0.2, 0.25) is 5.91 Å². The van der Waals surface area contributed by atoms with Gasteiger partial charge in [0.15, 0.2) is 0 Å². The highest BCUT2D eigenvalue weighted by molar-refractivity contribution is 5.93. The van der Waals surface area contributed by atoms with E-state index in [1.54, 1.807) is 0 Å². The standard InChI is InChI=1S/C17H28N2O/c1-4-5-6-7-8-12-18-13-16(20)19-17-14(2)10-9-11-15(17)3/h9-11,18H,4-8,12-13H2,1-3H3,(H,19,20). The molecule has 0 fully saturated rings. The van der Waals surface area contributed by atoms with E-state index in [-0.39, 0.29) is 5.91 Å². The van der Waals surface area contributed by atoms with Crippen LogP contribution in [0.4, 0.5) is 5.69 Å². The zero-order chi connectivity index (χ0) is 14.8. The Labute approximate surface area is 123 Å². The monoisotopic (exact) mass is 276 g/mol. The second kappa shape index (κ2) is 9.54. The SMILES string of the molecule is CCCCCCCNCC(=O)Nc1c(C)cccc1C. The number of rotatable bonds is 9. The molecule has 3 heteroatoms. The molecular formula is C17H28N2O. The lowest BCUT2D eigenvalue weighted by molar-refractivity contribution is -0.115. The molecule has 0 spiro atoms. The maximum absolute atomic E-state index is 11.9. The molecule has 1 aromatic carbocycles. The van der Waals surface area contributed by atoms with Gasteiger partial charge in [-0.3, -0.25) is 4.79 Å². The third kappa shape index (κ3) is 6.20. The Bertz CT molecular complexity index is 395. The fourth-order valence-electron chi connectivity index (χ4n) is 2.25. The summed E-state index contributed by atoms with van der Waals surface area (Å²) in [6, 6.07) is 6.04. The van der Waals surface area contributed by atoms with Gasteiger partial charge in [0.1, 0.15) is 0 Å². The molecule has 0 aliphatic heterocycles. The van der Waals surface area contributed by atoms with Crippen molar-refractivity contribution >= 4 is 11.6 Å². The predicted octanol–water partition coefficient (Wildman–Crippen LogP) is 3.80. The van der Waals surface area contributed by atoms with Gasteiger partial charge in [0.05, 0.1) is 6.54 Å². The third-order valence-corrected chi connectivity index (χ3v) is 3.49. The van der Waals surface area contributed by atoms with Crippen LogP contribution in [0.3, 0.4) is 0 Å². The maximum Gasteiger partial charge on any atom is 0.238 e. The number of carbonyl (C=O) groups excluding carboxylic acids is 1. The van der Waals surface area contributed by atoms with Crippen LogP contribution in [0.2, 0.25) is 0 Å². The number of unbranched alkanes of at least 4 members (excludes halogenated alkanes) is 4. The first kappa shape index (κ1) is 16.7. The first-order chi connectivity index (χ1) is 9.65. The lowest BCUT2D eigenvalue weighted by atomic mass is 10.1. The Morgan fingerprint density at radius 3 is 2.35 bits per heavy atom. The number of carbonyl (C=O) groups is 1. The van der Waals surface area contributed by atoms with E-state index in [2.05, 4.69) is 17.6 Å². The van der Waals surface area contributed by atoms with E-state index in [9.17, 15) is 4.79 Å². The Morgan fingerprint density at radius 2 is 1.70 bits per heavy atom. The summed E-state index contributed by atoms with van der Waals surface area (Å²) >= 11 is 0. The first-order valence-electron chi connectivity index (χ1n) is 7.72. The molecule has 0 radical (unpaired) electrons. The van der Waals surface area contributed by atoms with Crippen LogP contribution in [0, 0.1) is 13.8 Å². The number of nitrogens with one attached hydrogen (secondary N) is 2. The van der Waals surface area contributed by atoms with Crippen molar-refractivity contribution in [3.8, 4) is 0 Å². The highest BCUT2D eigenvalue weighted by atomic mass is 16.1. The fourth-order valence-corrected chi connectivity index (χ4v) is 2.25. The molecule has 0 aromatic heterocycles. The molecule has 0 atom stereocenters. The van der Waals surface area contributed by atoms with Crippen LogP contribution < -0.4 is 10.6 Å². The number of anilines is 1. The number of hydrogen-bond donors (Lipinski definition) is 2. The minimum atomic E-state index is 0.0379. The summed E-state index contributed by atoms with van der Waals surface area (Å²) in [5, 5.41) is 6.20. The van der Waals surface area contributed by atoms with Gasteiger partial charge in [-0.25, -0.2) is 0 Å². The van der Waals surface area contributed by atoms with Gasteiger partial charge in [-0.1, -0.05) is 50.8 Å². The van der Waals surface area contributed by atoms with Crippen molar-refractivity contribution < 1.29 is 4.79 Å². The van der Waals surface area contributed by atoms with Crippen LogP contribution in [0.15, 0.2) is 18.2 Å². The summed E-state index contributed by atoms with van der Waals surface area (Å²) in [4.78, 5) is 11.9. The molecule has 112 valence electrons. The van der Waals surface area contributed by atoms with Gasteiger partial charge in [-0.15, -0.1) is 0 Å². The first-order valence-corrected chi connectivity index (χ1v) is 7.72. The summed E-state index contributed by atoms with van der Waals surface area (Å²) in [7, 11) is 0. The van der Waals surface area contributed by atoms with E-state index in [0.717, 1.165) is 29.8 Å². The lowest BCUT2D eigenvalue weighted by Crippen LogP contribution is -2.29. The minimum absolute atomic E-state index is 0.0379. The Kier molecular flexibility index (Phi) is 7.97. The molecule has 1 amide bonds. The van der Waals surface area contributed by atoms with Crippen LogP contribution in [0.25, 0.3) is 0 Å². The van der Waals surface area contributed by atoms with Crippen molar-refractivity contribution in [2.45, 2.75) is 52.9 Å². The van der Waals surface area contributed by atoms with E-state index in [0.29, 0.717) is 6.54 Å². The van der Waals surface area contributed by atoms with E-state index in [1.165, 1.54) is 25.7 Å². The molecule has 2 N–H and O–H groups in total. The van der Waals surface area contributed by atoms with Crippen molar-refractivity contribution in [2.75, 3.05) is 18.4 Å². The molecule has 0 heterocycles. The molecule has 1 aromatic rings. The van der Waals surface area contributed by atoms with Crippen LogP contribution >= 0.6 is 0 Å². The smallest absolute Gasteiger partial charge is 0.238 e. The normalized spacial score (nSPS) is 10.6.